The van der Waals surface area contributed by atoms with Crippen LogP contribution in [0.5, 0.6) is 0 Å². The Morgan fingerprint density at radius 1 is 1.46 bits per heavy atom. The van der Waals surface area contributed by atoms with Crippen molar-refractivity contribution in [1.29, 1.82) is 0 Å². The summed E-state index contributed by atoms with van der Waals surface area (Å²) in [6, 6.07) is 0. The lowest BCUT2D eigenvalue weighted by atomic mass is 10.0. The molecule has 1 aromatic heterocycles. The maximum Gasteiger partial charge on any atom is 0.0599 e. The molecule has 2 heterocycles. The third-order valence-corrected chi connectivity index (χ3v) is 3.37. The van der Waals surface area contributed by atoms with E-state index in [0.717, 1.165) is 19.5 Å². The Labute approximate surface area is 83.7 Å². The summed E-state index contributed by atoms with van der Waals surface area (Å²) in [5, 5.41) is 2.19. The van der Waals surface area contributed by atoms with E-state index in [1.165, 1.54) is 11.3 Å². The summed E-state index contributed by atoms with van der Waals surface area (Å²) in [7, 11) is 0. The monoisotopic (exact) mass is 196 g/mol. The van der Waals surface area contributed by atoms with Gasteiger partial charge in [0.15, 0.2) is 0 Å². The van der Waals surface area contributed by atoms with Gasteiger partial charge in [-0.25, -0.2) is 0 Å². The predicted molar refractivity (Wildman–Crippen MR) is 56.0 cm³/mol. The van der Waals surface area contributed by atoms with E-state index < -0.39 is 0 Å². The fourth-order valence-corrected chi connectivity index (χ4v) is 2.44. The Bertz CT molecular complexity index is 298. The van der Waals surface area contributed by atoms with Crippen LogP contribution in [0.3, 0.4) is 0 Å². The molecule has 0 radical (unpaired) electrons. The van der Waals surface area contributed by atoms with Gasteiger partial charge in [0.05, 0.1) is 5.69 Å². The molecule has 72 valence electrons. The summed E-state index contributed by atoms with van der Waals surface area (Å²) in [4.78, 5) is 2.52. The van der Waals surface area contributed by atoms with Crippen molar-refractivity contribution in [2.75, 3.05) is 6.54 Å². The highest BCUT2D eigenvalue weighted by atomic mass is 32.1. The van der Waals surface area contributed by atoms with Gasteiger partial charge < -0.3 is 0 Å². The molecule has 0 unspecified atom stereocenters. The van der Waals surface area contributed by atoms with Crippen molar-refractivity contribution in [2.24, 2.45) is 0 Å². The zero-order valence-corrected chi connectivity index (χ0v) is 9.32. The van der Waals surface area contributed by atoms with Gasteiger partial charge in [0.2, 0.25) is 0 Å². The minimum absolute atomic E-state index is 0.291. The first kappa shape index (κ1) is 9.16. The number of hydrogen-bond acceptors (Lipinski definition) is 3. The van der Waals surface area contributed by atoms with Crippen molar-refractivity contribution < 1.29 is 0 Å². The van der Waals surface area contributed by atoms with Gasteiger partial charge in [-0.15, -0.1) is 0 Å². The zero-order chi connectivity index (χ0) is 9.47. The Kier molecular flexibility index (Phi) is 2.16. The van der Waals surface area contributed by atoms with Crippen LogP contribution in [0.15, 0.2) is 5.38 Å². The van der Waals surface area contributed by atoms with Crippen LogP contribution in [-0.2, 0) is 13.0 Å². The topological polar surface area (TPSA) is 16.1 Å². The summed E-state index contributed by atoms with van der Waals surface area (Å²) < 4.78 is 4.39. The number of fused-ring (bicyclic) bond motifs is 1. The quantitative estimate of drug-likeness (QED) is 0.633. The van der Waals surface area contributed by atoms with Crippen molar-refractivity contribution >= 4 is 11.5 Å². The second-order valence-electron chi connectivity index (χ2n) is 4.63. The normalized spacial score (nSPS) is 18.7. The molecular formula is C10H16N2S. The lowest BCUT2D eigenvalue weighted by Crippen LogP contribution is -2.44. The summed E-state index contributed by atoms with van der Waals surface area (Å²) in [5.41, 5.74) is 3.05. The lowest BCUT2D eigenvalue weighted by Gasteiger charge is -2.37. The molecule has 0 spiro atoms. The molecule has 0 atom stereocenters. The van der Waals surface area contributed by atoms with Crippen LogP contribution in [-0.4, -0.2) is 21.4 Å². The maximum absolute atomic E-state index is 4.39. The van der Waals surface area contributed by atoms with Gasteiger partial charge in [0.1, 0.15) is 0 Å². The van der Waals surface area contributed by atoms with E-state index in [1.54, 1.807) is 11.5 Å². The van der Waals surface area contributed by atoms with Gasteiger partial charge in [0.25, 0.3) is 0 Å². The molecule has 2 nitrogen and oxygen atoms in total. The minimum Gasteiger partial charge on any atom is -0.294 e. The lowest BCUT2D eigenvalue weighted by molar-refractivity contribution is 0.120. The average Bonchev–Trinajstić information content (AvgIpc) is 2.47. The third kappa shape index (κ3) is 1.76. The van der Waals surface area contributed by atoms with Gasteiger partial charge in [-0.05, 0) is 32.3 Å². The fourth-order valence-electron chi connectivity index (χ4n) is 1.71. The van der Waals surface area contributed by atoms with Crippen LogP contribution < -0.4 is 0 Å². The second-order valence-corrected chi connectivity index (χ2v) is 5.26. The largest absolute Gasteiger partial charge is 0.294 e. The van der Waals surface area contributed by atoms with Crippen LogP contribution in [0.4, 0.5) is 0 Å². The highest BCUT2D eigenvalue weighted by Gasteiger charge is 2.26. The molecule has 0 saturated heterocycles. The second kappa shape index (κ2) is 3.07. The highest BCUT2D eigenvalue weighted by molar-refractivity contribution is 7.03. The molecule has 1 aliphatic heterocycles. The molecule has 2 rings (SSSR count). The van der Waals surface area contributed by atoms with E-state index in [1.807, 2.05) is 0 Å². The molecule has 0 aromatic carbocycles. The van der Waals surface area contributed by atoms with Gasteiger partial charge in [-0.3, -0.25) is 4.90 Å². The van der Waals surface area contributed by atoms with E-state index in [-0.39, 0.29) is 0 Å². The number of rotatable bonds is 0. The standard InChI is InChI=1S/C10H16N2S/c1-10(2,3)12-5-4-9-8(6-12)7-13-11-9/h7H,4-6H2,1-3H3. The first-order valence-corrected chi connectivity index (χ1v) is 5.58. The molecule has 3 heteroatoms. The Balaban J connectivity index is 2.18. The van der Waals surface area contributed by atoms with Gasteiger partial charge in [0, 0.05) is 36.0 Å². The molecule has 0 amide bonds. The SMILES string of the molecule is CC(C)(C)N1CCc2nscc2C1. The summed E-state index contributed by atoms with van der Waals surface area (Å²) in [6.07, 6.45) is 1.12. The predicted octanol–water partition coefficient (Wildman–Crippen LogP) is 2.30. The van der Waals surface area contributed by atoms with E-state index in [2.05, 4.69) is 35.4 Å². The first-order valence-electron chi connectivity index (χ1n) is 4.74. The van der Waals surface area contributed by atoms with Gasteiger partial charge >= 0.3 is 0 Å². The number of nitrogens with zero attached hydrogens (tertiary/aromatic N) is 2. The van der Waals surface area contributed by atoms with E-state index in [0.29, 0.717) is 5.54 Å². The number of aromatic nitrogens is 1. The molecule has 0 saturated carbocycles. The van der Waals surface area contributed by atoms with Crippen molar-refractivity contribution in [1.82, 2.24) is 9.27 Å². The van der Waals surface area contributed by atoms with Gasteiger partial charge in [-0.2, -0.15) is 4.37 Å². The van der Waals surface area contributed by atoms with Crippen molar-refractivity contribution in [3.05, 3.63) is 16.6 Å². The smallest absolute Gasteiger partial charge is 0.0599 e. The molecule has 0 fully saturated rings. The summed E-state index contributed by atoms with van der Waals surface area (Å²) >= 11 is 1.59. The molecule has 0 bridgehead atoms. The molecule has 0 aliphatic carbocycles. The molecular weight excluding hydrogens is 180 g/mol. The van der Waals surface area contributed by atoms with Crippen molar-refractivity contribution in [2.45, 2.75) is 39.3 Å². The molecule has 0 N–H and O–H groups in total. The van der Waals surface area contributed by atoms with Crippen LogP contribution >= 0.6 is 11.5 Å². The van der Waals surface area contributed by atoms with Crippen LogP contribution in [0.1, 0.15) is 32.0 Å². The van der Waals surface area contributed by atoms with Crippen molar-refractivity contribution in [3.63, 3.8) is 0 Å². The van der Waals surface area contributed by atoms with E-state index in [9.17, 15) is 0 Å². The van der Waals surface area contributed by atoms with Crippen LogP contribution in [0.25, 0.3) is 0 Å². The number of hydrogen-bond donors (Lipinski definition) is 0. The Morgan fingerprint density at radius 3 is 2.92 bits per heavy atom. The minimum atomic E-state index is 0.291. The van der Waals surface area contributed by atoms with Crippen LogP contribution in [0.2, 0.25) is 0 Å². The average molecular weight is 196 g/mol. The summed E-state index contributed by atoms with van der Waals surface area (Å²) in [5.74, 6) is 0. The van der Waals surface area contributed by atoms with E-state index >= 15 is 0 Å². The first-order chi connectivity index (χ1) is 6.07. The molecule has 13 heavy (non-hydrogen) atoms. The molecule has 1 aliphatic rings. The highest BCUT2D eigenvalue weighted by Crippen LogP contribution is 2.25. The zero-order valence-electron chi connectivity index (χ0n) is 8.50. The summed E-state index contributed by atoms with van der Waals surface area (Å²) in [6.45, 7) is 9.06. The molecule has 1 aromatic rings. The fraction of sp³-hybridized carbons (Fsp3) is 0.700. The van der Waals surface area contributed by atoms with E-state index in [4.69, 9.17) is 0 Å². The van der Waals surface area contributed by atoms with Gasteiger partial charge in [-0.1, -0.05) is 0 Å². The Morgan fingerprint density at radius 2 is 2.23 bits per heavy atom. The maximum atomic E-state index is 4.39. The Hall–Kier alpha value is -0.410. The third-order valence-electron chi connectivity index (χ3n) is 2.66. The van der Waals surface area contributed by atoms with Crippen molar-refractivity contribution in [3.8, 4) is 0 Å². The van der Waals surface area contributed by atoms with Crippen LogP contribution in [0, 0.1) is 0 Å².